The average Bonchev–Trinajstić information content (AvgIpc) is 2.93. The molecule has 0 atom stereocenters. The lowest BCUT2D eigenvalue weighted by atomic mass is 10.1. The number of nitrogens with zero attached hydrogens (tertiary/aromatic N) is 2. The van der Waals surface area contributed by atoms with E-state index in [1.165, 1.54) is 16.5 Å². The summed E-state index contributed by atoms with van der Waals surface area (Å²) >= 11 is 3.50. The van der Waals surface area contributed by atoms with Crippen LogP contribution in [0.15, 0.2) is 53.4 Å². The van der Waals surface area contributed by atoms with Crippen LogP contribution >= 0.6 is 15.9 Å². The highest BCUT2D eigenvalue weighted by molar-refractivity contribution is 9.10. The van der Waals surface area contributed by atoms with E-state index in [0.29, 0.717) is 6.04 Å². The van der Waals surface area contributed by atoms with Gasteiger partial charge < -0.3 is 9.88 Å². The Balaban J connectivity index is 1.79. The van der Waals surface area contributed by atoms with Gasteiger partial charge in [0.25, 0.3) is 0 Å². The zero-order valence-electron chi connectivity index (χ0n) is 12.2. The number of fused-ring (bicyclic) bond motifs is 1. The third-order valence-corrected chi connectivity index (χ3v) is 4.07. The molecule has 0 aliphatic heterocycles. The van der Waals surface area contributed by atoms with Crippen LogP contribution in [-0.2, 0) is 6.54 Å². The Bertz CT molecular complexity index is 762. The summed E-state index contributed by atoms with van der Waals surface area (Å²) in [4.78, 5) is 4.23. The largest absolute Gasteiger partial charge is 0.379 e. The van der Waals surface area contributed by atoms with Crippen molar-refractivity contribution in [1.82, 2.24) is 9.55 Å². The molecule has 0 spiro atoms. The van der Waals surface area contributed by atoms with Gasteiger partial charge in [-0.2, -0.15) is 0 Å². The maximum Gasteiger partial charge on any atom is 0.0951 e. The van der Waals surface area contributed by atoms with Crippen LogP contribution in [0.25, 0.3) is 10.8 Å². The number of nitrogens with one attached hydrogen (secondary N) is 1. The molecule has 2 aromatic carbocycles. The number of rotatable bonds is 4. The predicted molar refractivity (Wildman–Crippen MR) is 91.6 cm³/mol. The molecule has 0 fully saturated rings. The summed E-state index contributed by atoms with van der Waals surface area (Å²) < 4.78 is 3.29. The average molecular weight is 344 g/mol. The van der Waals surface area contributed by atoms with E-state index in [1.807, 2.05) is 12.5 Å². The molecule has 3 nitrogen and oxygen atoms in total. The first-order valence-corrected chi connectivity index (χ1v) is 7.86. The standard InChI is InChI=1S/C17H18BrN3/c1-12(2)21-11-19-9-17(21)10-20-16-6-4-13-7-15(18)5-3-14(13)8-16/h3-9,11-12,20H,10H2,1-2H3. The Morgan fingerprint density at radius 1 is 1.14 bits per heavy atom. The summed E-state index contributed by atoms with van der Waals surface area (Å²) in [6.45, 7) is 5.11. The lowest BCUT2D eigenvalue weighted by Crippen LogP contribution is -2.08. The lowest BCUT2D eigenvalue weighted by Gasteiger charge is -2.13. The highest BCUT2D eigenvalue weighted by Crippen LogP contribution is 2.23. The topological polar surface area (TPSA) is 29.9 Å². The van der Waals surface area contributed by atoms with E-state index in [9.17, 15) is 0 Å². The van der Waals surface area contributed by atoms with E-state index in [2.05, 4.69) is 81.0 Å². The molecular weight excluding hydrogens is 326 g/mol. The second-order valence-electron chi connectivity index (χ2n) is 5.45. The van der Waals surface area contributed by atoms with E-state index in [4.69, 9.17) is 0 Å². The Labute approximate surface area is 133 Å². The first-order chi connectivity index (χ1) is 10.1. The smallest absolute Gasteiger partial charge is 0.0951 e. The van der Waals surface area contributed by atoms with Gasteiger partial charge in [-0.3, -0.25) is 0 Å². The van der Waals surface area contributed by atoms with Gasteiger partial charge in [0.05, 0.1) is 18.6 Å². The van der Waals surface area contributed by atoms with Crippen LogP contribution in [0, 0.1) is 0 Å². The number of hydrogen-bond acceptors (Lipinski definition) is 2. The molecule has 0 aliphatic carbocycles. The van der Waals surface area contributed by atoms with Gasteiger partial charge in [-0.15, -0.1) is 0 Å². The zero-order valence-corrected chi connectivity index (χ0v) is 13.8. The van der Waals surface area contributed by atoms with Crippen molar-refractivity contribution in [1.29, 1.82) is 0 Å². The van der Waals surface area contributed by atoms with Crippen LogP contribution in [0.4, 0.5) is 5.69 Å². The summed E-state index contributed by atoms with van der Waals surface area (Å²) in [5.74, 6) is 0. The molecule has 1 N–H and O–H groups in total. The molecule has 0 saturated heterocycles. The van der Waals surface area contributed by atoms with Crippen LogP contribution in [0.1, 0.15) is 25.6 Å². The van der Waals surface area contributed by atoms with Crippen LogP contribution in [-0.4, -0.2) is 9.55 Å². The minimum absolute atomic E-state index is 0.429. The molecule has 3 rings (SSSR count). The van der Waals surface area contributed by atoms with E-state index in [0.717, 1.165) is 16.7 Å². The van der Waals surface area contributed by atoms with E-state index in [-0.39, 0.29) is 0 Å². The van der Waals surface area contributed by atoms with Crippen LogP contribution in [0.3, 0.4) is 0 Å². The summed E-state index contributed by atoms with van der Waals surface area (Å²) in [6.07, 6.45) is 3.81. The van der Waals surface area contributed by atoms with Gasteiger partial charge in [0, 0.05) is 22.4 Å². The molecular formula is C17H18BrN3. The van der Waals surface area contributed by atoms with Gasteiger partial charge in [-0.05, 0) is 48.9 Å². The molecule has 0 unspecified atom stereocenters. The first kappa shape index (κ1) is 14.1. The third-order valence-electron chi connectivity index (χ3n) is 3.58. The SMILES string of the molecule is CC(C)n1cncc1CNc1ccc2cc(Br)ccc2c1. The molecule has 0 saturated carbocycles. The first-order valence-electron chi connectivity index (χ1n) is 7.07. The van der Waals surface area contributed by atoms with E-state index >= 15 is 0 Å². The van der Waals surface area contributed by atoms with Gasteiger partial charge in [-0.1, -0.05) is 28.1 Å². The quantitative estimate of drug-likeness (QED) is 0.722. The van der Waals surface area contributed by atoms with Crippen molar-refractivity contribution in [2.45, 2.75) is 26.4 Å². The molecule has 0 radical (unpaired) electrons. The zero-order chi connectivity index (χ0) is 14.8. The number of benzene rings is 2. The van der Waals surface area contributed by atoms with Gasteiger partial charge in [0.2, 0.25) is 0 Å². The van der Waals surface area contributed by atoms with Gasteiger partial charge in [-0.25, -0.2) is 4.98 Å². The summed E-state index contributed by atoms with van der Waals surface area (Å²) in [6, 6.07) is 13.2. The highest BCUT2D eigenvalue weighted by atomic mass is 79.9. The molecule has 4 heteroatoms. The van der Waals surface area contributed by atoms with Crippen LogP contribution in [0.2, 0.25) is 0 Å². The summed E-state index contributed by atoms with van der Waals surface area (Å²) in [7, 11) is 0. The van der Waals surface area contributed by atoms with Crippen molar-refractivity contribution in [3.63, 3.8) is 0 Å². The fourth-order valence-electron chi connectivity index (χ4n) is 2.45. The fraction of sp³-hybridized carbons (Fsp3) is 0.235. The van der Waals surface area contributed by atoms with Crippen LogP contribution in [0.5, 0.6) is 0 Å². The third kappa shape index (κ3) is 3.10. The number of halogens is 1. The molecule has 21 heavy (non-hydrogen) atoms. The normalized spacial score (nSPS) is 11.2. The fourth-order valence-corrected chi connectivity index (χ4v) is 2.83. The molecule has 1 heterocycles. The van der Waals surface area contributed by atoms with Crippen molar-refractivity contribution in [3.05, 3.63) is 59.1 Å². The van der Waals surface area contributed by atoms with Crippen molar-refractivity contribution in [2.75, 3.05) is 5.32 Å². The second-order valence-corrected chi connectivity index (χ2v) is 6.36. The maximum atomic E-state index is 4.23. The minimum Gasteiger partial charge on any atom is -0.379 e. The molecule has 3 aromatic rings. The van der Waals surface area contributed by atoms with Crippen molar-refractivity contribution in [3.8, 4) is 0 Å². The van der Waals surface area contributed by atoms with Crippen LogP contribution < -0.4 is 5.32 Å². The summed E-state index contributed by atoms with van der Waals surface area (Å²) in [5, 5.41) is 5.95. The number of imidazole rings is 1. The Morgan fingerprint density at radius 2 is 1.90 bits per heavy atom. The van der Waals surface area contributed by atoms with Gasteiger partial charge >= 0.3 is 0 Å². The van der Waals surface area contributed by atoms with Gasteiger partial charge in [0.1, 0.15) is 0 Å². The number of anilines is 1. The van der Waals surface area contributed by atoms with E-state index in [1.54, 1.807) is 0 Å². The molecule has 1 aromatic heterocycles. The lowest BCUT2D eigenvalue weighted by molar-refractivity contribution is 0.577. The molecule has 0 bridgehead atoms. The predicted octanol–water partition coefficient (Wildman–Crippen LogP) is 4.99. The highest BCUT2D eigenvalue weighted by Gasteiger charge is 2.05. The Kier molecular flexibility index (Phi) is 3.97. The second kappa shape index (κ2) is 5.90. The monoisotopic (exact) mass is 343 g/mol. The number of aromatic nitrogens is 2. The number of hydrogen-bond donors (Lipinski definition) is 1. The van der Waals surface area contributed by atoms with Crippen molar-refractivity contribution < 1.29 is 0 Å². The Hall–Kier alpha value is -1.81. The minimum atomic E-state index is 0.429. The molecule has 108 valence electrons. The maximum absolute atomic E-state index is 4.23. The Morgan fingerprint density at radius 3 is 2.71 bits per heavy atom. The van der Waals surface area contributed by atoms with Crippen molar-refractivity contribution in [2.24, 2.45) is 0 Å². The van der Waals surface area contributed by atoms with Crippen molar-refractivity contribution >= 4 is 32.4 Å². The van der Waals surface area contributed by atoms with E-state index < -0.39 is 0 Å². The van der Waals surface area contributed by atoms with Gasteiger partial charge in [0.15, 0.2) is 0 Å². The molecule has 0 amide bonds. The summed E-state index contributed by atoms with van der Waals surface area (Å²) in [5.41, 5.74) is 2.32. The molecule has 0 aliphatic rings.